The van der Waals surface area contributed by atoms with Gasteiger partial charge in [0.05, 0.1) is 11.0 Å². The van der Waals surface area contributed by atoms with Crippen molar-refractivity contribution in [2.75, 3.05) is 11.9 Å². The summed E-state index contributed by atoms with van der Waals surface area (Å²) in [5.41, 5.74) is 1.56. The first-order valence-electron chi connectivity index (χ1n) is 13.4. The van der Waals surface area contributed by atoms with Crippen molar-refractivity contribution in [3.8, 4) is 0 Å². The van der Waals surface area contributed by atoms with Crippen LogP contribution in [-0.4, -0.2) is 57.4 Å². The molecule has 0 radical (unpaired) electrons. The Morgan fingerprint density at radius 2 is 1.80 bits per heavy atom. The average molecular weight is 566 g/mol. The van der Waals surface area contributed by atoms with Gasteiger partial charge in [-0.3, -0.25) is 19.4 Å². The molecule has 2 aliphatic rings. The number of likely N-dealkylation sites (tertiary alicyclic amines) is 1. The van der Waals surface area contributed by atoms with Crippen molar-refractivity contribution in [1.29, 1.82) is 0 Å². The number of carbonyl (C=O) groups excluding carboxylic acids is 3. The Morgan fingerprint density at radius 1 is 1.07 bits per heavy atom. The number of halogens is 3. The number of amides is 3. The van der Waals surface area contributed by atoms with Crippen molar-refractivity contribution < 1.29 is 27.6 Å². The van der Waals surface area contributed by atoms with E-state index in [1.165, 1.54) is 6.20 Å². The standard InChI is InChI=1S/C30H30F3N5O3/c1-18-22(19-8-4-3-5-9-19)13-23(27(40)38(18)17-30(31,32)33)36-26(39)21-12-20-14-29(2,15-24(20)35-16-21)28(41)37-25-10-6-7-11-34-25/h3-12,16,18,22-23H,13-15,17H2,1-2H3,(H,36,39)(H,34,37,41)/t18-,22-,23+,29+/m1/s1. The van der Waals surface area contributed by atoms with Crippen molar-refractivity contribution in [2.45, 2.75) is 57.3 Å². The number of piperidine rings is 1. The molecule has 1 aliphatic heterocycles. The molecule has 1 saturated heterocycles. The lowest BCUT2D eigenvalue weighted by atomic mass is 9.81. The van der Waals surface area contributed by atoms with Gasteiger partial charge in [-0.25, -0.2) is 4.98 Å². The predicted molar refractivity (Wildman–Crippen MR) is 145 cm³/mol. The largest absolute Gasteiger partial charge is 0.406 e. The Morgan fingerprint density at radius 3 is 2.49 bits per heavy atom. The molecule has 0 spiro atoms. The lowest BCUT2D eigenvalue weighted by Gasteiger charge is -2.43. The lowest BCUT2D eigenvalue weighted by molar-refractivity contribution is -0.170. The number of carbonyl (C=O) groups is 3. The van der Waals surface area contributed by atoms with E-state index in [0.29, 0.717) is 24.4 Å². The highest BCUT2D eigenvalue weighted by Gasteiger charge is 2.45. The van der Waals surface area contributed by atoms with E-state index < -0.39 is 48.0 Å². The van der Waals surface area contributed by atoms with E-state index in [1.807, 2.05) is 25.1 Å². The quantitative estimate of drug-likeness (QED) is 0.464. The molecule has 3 aromatic rings. The number of aromatic nitrogens is 2. The van der Waals surface area contributed by atoms with Crippen LogP contribution in [0.2, 0.25) is 0 Å². The van der Waals surface area contributed by atoms with Crippen LogP contribution < -0.4 is 10.6 Å². The van der Waals surface area contributed by atoms with Gasteiger partial charge >= 0.3 is 6.18 Å². The summed E-state index contributed by atoms with van der Waals surface area (Å²) in [4.78, 5) is 48.9. The van der Waals surface area contributed by atoms with Crippen LogP contribution in [0.15, 0.2) is 67.0 Å². The summed E-state index contributed by atoms with van der Waals surface area (Å²) in [6.07, 6.45) is -0.771. The number of hydrogen-bond acceptors (Lipinski definition) is 5. The number of nitrogens with zero attached hydrogens (tertiary/aromatic N) is 3. The molecular weight excluding hydrogens is 535 g/mol. The molecule has 0 saturated carbocycles. The van der Waals surface area contributed by atoms with Gasteiger partial charge in [-0.15, -0.1) is 0 Å². The van der Waals surface area contributed by atoms with Gasteiger partial charge in [-0.05, 0) is 49.1 Å². The van der Waals surface area contributed by atoms with Crippen LogP contribution in [0.25, 0.3) is 0 Å². The Kier molecular flexibility index (Phi) is 7.54. The van der Waals surface area contributed by atoms with Crippen molar-refractivity contribution in [3.63, 3.8) is 0 Å². The summed E-state index contributed by atoms with van der Waals surface area (Å²) < 4.78 is 40.3. The molecule has 214 valence electrons. The molecule has 1 aromatic carbocycles. The fraction of sp³-hybridized carbons (Fsp3) is 0.367. The molecule has 4 atom stereocenters. The van der Waals surface area contributed by atoms with Crippen molar-refractivity contribution in [1.82, 2.24) is 20.2 Å². The maximum absolute atomic E-state index is 13.4. The highest BCUT2D eigenvalue weighted by molar-refractivity contribution is 5.98. The van der Waals surface area contributed by atoms with E-state index in [2.05, 4.69) is 20.6 Å². The number of anilines is 1. The minimum atomic E-state index is -4.59. The Hall–Kier alpha value is -4.28. The van der Waals surface area contributed by atoms with Crippen LogP contribution in [0.4, 0.5) is 19.0 Å². The number of fused-ring (bicyclic) bond motifs is 1. The van der Waals surface area contributed by atoms with Gasteiger partial charge in [-0.2, -0.15) is 13.2 Å². The Labute approximate surface area is 235 Å². The maximum atomic E-state index is 13.4. The van der Waals surface area contributed by atoms with E-state index in [-0.39, 0.29) is 17.9 Å². The van der Waals surface area contributed by atoms with E-state index in [9.17, 15) is 27.6 Å². The number of pyridine rings is 2. The summed E-state index contributed by atoms with van der Waals surface area (Å²) in [5, 5.41) is 5.48. The summed E-state index contributed by atoms with van der Waals surface area (Å²) in [6, 6.07) is 14.0. The van der Waals surface area contributed by atoms with Crippen LogP contribution in [-0.2, 0) is 22.4 Å². The van der Waals surface area contributed by atoms with Crippen LogP contribution >= 0.6 is 0 Å². The zero-order chi connectivity index (χ0) is 29.4. The molecule has 11 heteroatoms. The number of rotatable bonds is 6. The van der Waals surface area contributed by atoms with E-state index >= 15 is 0 Å². The SMILES string of the molecule is C[C@@H]1[C@H](c2ccccc2)C[C@H](NC(=O)c2cnc3c(c2)C[C@](C)(C(=O)Nc2ccccn2)C3)C(=O)N1CC(F)(F)F. The molecular formula is C30H30F3N5O3. The van der Waals surface area contributed by atoms with Gasteiger partial charge < -0.3 is 15.5 Å². The number of benzene rings is 1. The molecule has 5 rings (SSSR count). The second-order valence-corrected chi connectivity index (χ2v) is 11.0. The van der Waals surface area contributed by atoms with Crippen LogP contribution in [0, 0.1) is 5.41 Å². The third-order valence-electron chi connectivity index (χ3n) is 7.94. The molecule has 3 heterocycles. The molecule has 41 heavy (non-hydrogen) atoms. The van der Waals surface area contributed by atoms with Crippen molar-refractivity contribution >= 4 is 23.5 Å². The van der Waals surface area contributed by atoms with E-state index in [4.69, 9.17) is 0 Å². The molecule has 3 amide bonds. The van der Waals surface area contributed by atoms with E-state index in [1.54, 1.807) is 49.5 Å². The Bertz CT molecular complexity index is 1450. The van der Waals surface area contributed by atoms with Gasteiger partial charge in [0.2, 0.25) is 11.8 Å². The number of nitrogens with one attached hydrogen (secondary N) is 2. The van der Waals surface area contributed by atoms with Gasteiger partial charge in [-0.1, -0.05) is 43.3 Å². The first kappa shape index (κ1) is 28.3. The first-order chi connectivity index (χ1) is 19.4. The van der Waals surface area contributed by atoms with Gasteiger partial charge in [0, 0.05) is 36.5 Å². The van der Waals surface area contributed by atoms with Crippen LogP contribution in [0.3, 0.4) is 0 Å². The average Bonchev–Trinajstić information content (AvgIpc) is 3.30. The summed E-state index contributed by atoms with van der Waals surface area (Å²) in [6.45, 7) is 2.01. The summed E-state index contributed by atoms with van der Waals surface area (Å²) >= 11 is 0. The van der Waals surface area contributed by atoms with Crippen LogP contribution in [0.5, 0.6) is 0 Å². The smallest absolute Gasteiger partial charge is 0.340 e. The molecule has 1 fully saturated rings. The molecule has 2 N–H and O–H groups in total. The second kappa shape index (κ2) is 10.9. The fourth-order valence-electron chi connectivity index (χ4n) is 5.75. The molecule has 0 bridgehead atoms. The topological polar surface area (TPSA) is 104 Å². The maximum Gasteiger partial charge on any atom is 0.406 e. The third-order valence-corrected chi connectivity index (χ3v) is 7.94. The van der Waals surface area contributed by atoms with Crippen molar-refractivity contribution in [2.24, 2.45) is 5.41 Å². The highest BCUT2D eigenvalue weighted by Crippen LogP contribution is 2.38. The zero-order valence-electron chi connectivity index (χ0n) is 22.6. The van der Waals surface area contributed by atoms with Crippen LogP contribution in [0.1, 0.15) is 53.4 Å². The lowest BCUT2D eigenvalue weighted by Crippen LogP contribution is -2.59. The summed E-state index contributed by atoms with van der Waals surface area (Å²) in [7, 11) is 0. The normalized spacial score (nSPS) is 24.1. The van der Waals surface area contributed by atoms with Gasteiger partial charge in [0.15, 0.2) is 0 Å². The van der Waals surface area contributed by atoms with Gasteiger partial charge in [0.25, 0.3) is 5.91 Å². The monoisotopic (exact) mass is 565 g/mol. The third kappa shape index (κ3) is 6.08. The fourth-order valence-corrected chi connectivity index (χ4v) is 5.75. The Balaban J connectivity index is 1.32. The van der Waals surface area contributed by atoms with Gasteiger partial charge in [0.1, 0.15) is 18.4 Å². The zero-order valence-corrected chi connectivity index (χ0v) is 22.6. The second-order valence-electron chi connectivity index (χ2n) is 11.0. The van der Waals surface area contributed by atoms with Crippen molar-refractivity contribution in [3.05, 3.63) is 89.4 Å². The number of alkyl halides is 3. The van der Waals surface area contributed by atoms with E-state index in [0.717, 1.165) is 16.0 Å². The minimum absolute atomic E-state index is 0.161. The highest BCUT2D eigenvalue weighted by atomic mass is 19.4. The molecule has 0 unspecified atom stereocenters. The molecule has 2 aromatic heterocycles. The number of hydrogen-bond donors (Lipinski definition) is 2. The minimum Gasteiger partial charge on any atom is -0.340 e. The molecule has 1 aliphatic carbocycles. The predicted octanol–water partition coefficient (Wildman–Crippen LogP) is 4.29. The molecule has 8 nitrogen and oxygen atoms in total. The first-order valence-corrected chi connectivity index (χ1v) is 13.4. The summed E-state index contributed by atoms with van der Waals surface area (Å²) in [5.74, 6) is -1.58.